The minimum Gasteiger partial charge on any atom is -0.507 e. The number of carbonyl (C=O) groups is 1. The fourth-order valence-corrected chi connectivity index (χ4v) is 2.78. The van der Waals surface area contributed by atoms with Gasteiger partial charge in [-0.25, -0.2) is 5.43 Å². The largest absolute Gasteiger partial charge is 0.507 e. The molecule has 3 rings (SSSR count). The molecule has 0 radical (unpaired) electrons. The summed E-state index contributed by atoms with van der Waals surface area (Å²) in [5, 5.41) is 36.0. The van der Waals surface area contributed by atoms with Gasteiger partial charge in [0.1, 0.15) is 5.75 Å². The van der Waals surface area contributed by atoms with E-state index >= 15 is 0 Å². The second kappa shape index (κ2) is 8.73. The minimum atomic E-state index is -0.594. The van der Waals surface area contributed by atoms with Crippen LogP contribution in [0.5, 0.6) is 5.75 Å². The molecule has 0 saturated heterocycles. The summed E-state index contributed by atoms with van der Waals surface area (Å²) in [6, 6.07) is 12.7. The third-order valence-electron chi connectivity index (χ3n) is 3.39. The number of hydrogen-bond donors (Lipinski definition) is 2. The van der Waals surface area contributed by atoms with Gasteiger partial charge in [-0.05, 0) is 28.6 Å². The normalized spacial score (nSPS) is 10.9. The van der Waals surface area contributed by atoms with Gasteiger partial charge in [-0.3, -0.25) is 14.9 Å². The predicted molar refractivity (Wildman–Crippen MR) is 100 cm³/mol. The lowest BCUT2D eigenvalue weighted by molar-refractivity contribution is -0.384. The van der Waals surface area contributed by atoms with Crippen LogP contribution in [0, 0.1) is 10.1 Å². The Morgan fingerprint density at radius 3 is 2.86 bits per heavy atom. The molecule has 0 aliphatic carbocycles. The van der Waals surface area contributed by atoms with Gasteiger partial charge in [0.05, 0.1) is 22.6 Å². The summed E-state index contributed by atoms with van der Waals surface area (Å²) in [4.78, 5) is 22.1. The maximum atomic E-state index is 11.9. The average Bonchev–Trinajstić information content (AvgIpc) is 3.17. The predicted octanol–water partition coefficient (Wildman–Crippen LogP) is 1.52. The standard InChI is InChI=1S/C16H13N7O4S/c24-14-7-6-13(23(26)27)8-11(14)9-17-18-15(25)10-28-16-19-20-21-22(16)12-4-2-1-3-5-12/h1-9,24H,10H2,(H,18,25). The van der Waals surface area contributed by atoms with Crippen molar-refractivity contribution in [2.75, 3.05) is 5.75 Å². The number of nitro benzene ring substituents is 1. The van der Waals surface area contributed by atoms with Crippen molar-refractivity contribution in [3.63, 3.8) is 0 Å². The van der Waals surface area contributed by atoms with Gasteiger partial charge in [0, 0.05) is 17.7 Å². The van der Waals surface area contributed by atoms with Crippen molar-refractivity contribution in [3.05, 3.63) is 64.2 Å². The van der Waals surface area contributed by atoms with Gasteiger partial charge >= 0.3 is 0 Å². The van der Waals surface area contributed by atoms with E-state index < -0.39 is 10.8 Å². The van der Waals surface area contributed by atoms with E-state index in [9.17, 15) is 20.0 Å². The third kappa shape index (κ3) is 4.67. The molecule has 142 valence electrons. The highest BCUT2D eigenvalue weighted by Gasteiger charge is 2.11. The number of tetrazole rings is 1. The molecule has 11 nitrogen and oxygen atoms in total. The molecule has 2 aromatic carbocycles. The van der Waals surface area contributed by atoms with Crippen molar-refractivity contribution < 1.29 is 14.8 Å². The Hall–Kier alpha value is -3.80. The molecule has 1 aromatic heterocycles. The molecule has 1 heterocycles. The van der Waals surface area contributed by atoms with E-state index in [-0.39, 0.29) is 22.8 Å². The van der Waals surface area contributed by atoms with Crippen LogP contribution in [0.3, 0.4) is 0 Å². The van der Waals surface area contributed by atoms with Gasteiger partial charge in [-0.2, -0.15) is 9.78 Å². The Morgan fingerprint density at radius 2 is 2.11 bits per heavy atom. The first kappa shape index (κ1) is 19.0. The Balaban J connectivity index is 1.58. The van der Waals surface area contributed by atoms with Gasteiger partial charge in [-0.15, -0.1) is 5.10 Å². The van der Waals surface area contributed by atoms with E-state index in [0.29, 0.717) is 5.16 Å². The van der Waals surface area contributed by atoms with Crippen LogP contribution in [0.2, 0.25) is 0 Å². The Labute approximate surface area is 162 Å². The zero-order valence-corrected chi connectivity index (χ0v) is 15.0. The maximum absolute atomic E-state index is 11.9. The van der Waals surface area contributed by atoms with Gasteiger partial charge in [0.2, 0.25) is 5.16 Å². The number of aromatic hydroxyl groups is 1. The number of nitrogens with one attached hydrogen (secondary N) is 1. The van der Waals surface area contributed by atoms with Crippen LogP contribution in [-0.4, -0.2) is 48.1 Å². The number of aromatic nitrogens is 4. The van der Waals surface area contributed by atoms with E-state index in [4.69, 9.17) is 0 Å². The van der Waals surface area contributed by atoms with Crippen LogP contribution in [-0.2, 0) is 4.79 Å². The van der Waals surface area contributed by atoms with E-state index in [2.05, 4.69) is 26.1 Å². The van der Waals surface area contributed by atoms with Gasteiger partial charge in [-0.1, -0.05) is 30.0 Å². The number of hydrogen-bond acceptors (Lipinski definition) is 9. The lowest BCUT2D eigenvalue weighted by Gasteiger charge is -2.03. The van der Waals surface area contributed by atoms with Crippen LogP contribution < -0.4 is 5.43 Å². The minimum absolute atomic E-state index is 0.00847. The first-order valence-electron chi connectivity index (χ1n) is 7.80. The molecule has 1 amide bonds. The number of benzene rings is 2. The lowest BCUT2D eigenvalue weighted by Crippen LogP contribution is -2.20. The summed E-state index contributed by atoms with van der Waals surface area (Å²) in [6.07, 6.45) is 1.12. The number of hydrazone groups is 1. The second-order valence-corrected chi connectivity index (χ2v) is 6.23. The number of nitrogens with zero attached hydrogens (tertiary/aromatic N) is 6. The van der Waals surface area contributed by atoms with E-state index in [1.165, 1.54) is 16.8 Å². The molecule has 0 bridgehead atoms. The SMILES string of the molecule is O=C(CSc1nnnn1-c1ccccc1)NN=Cc1cc([N+](=O)[O-])ccc1O. The number of phenolic OH excluding ortho intramolecular Hbond substituents is 1. The highest BCUT2D eigenvalue weighted by atomic mass is 32.2. The molecule has 28 heavy (non-hydrogen) atoms. The molecular weight excluding hydrogens is 386 g/mol. The van der Waals surface area contributed by atoms with Crippen molar-refractivity contribution in [2.45, 2.75) is 5.16 Å². The second-order valence-electron chi connectivity index (χ2n) is 5.29. The summed E-state index contributed by atoms with van der Waals surface area (Å²) in [5.74, 6) is -0.639. The van der Waals surface area contributed by atoms with Crippen molar-refractivity contribution in [3.8, 4) is 11.4 Å². The molecule has 0 fully saturated rings. The van der Waals surface area contributed by atoms with E-state index in [1.807, 2.05) is 30.3 Å². The summed E-state index contributed by atoms with van der Waals surface area (Å²) >= 11 is 1.11. The average molecular weight is 399 g/mol. The highest BCUT2D eigenvalue weighted by molar-refractivity contribution is 7.99. The van der Waals surface area contributed by atoms with Crippen LogP contribution in [0.15, 0.2) is 58.8 Å². The number of carbonyl (C=O) groups excluding carboxylic acids is 1. The lowest BCUT2D eigenvalue weighted by atomic mass is 10.2. The smallest absolute Gasteiger partial charge is 0.270 e. The molecule has 0 aliphatic rings. The molecule has 0 spiro atoms. The van der Waals surface area contributed by atoms with E-state index in [0.717, 1.165) is 29.7 Å². The van der Waals surface area contributed by atoms with Gasteiger partial charge < -0.3 is 5.11 Å². The topological polar surface area (TPSA) is 148 Å². The maximum Gasteiger partial charge on any atom is 0.270 e. The number of non-ortho nitro benzene ring substituents is 1. The molecule has 0 unspecified atom stereocenters. The van der Waals surface area contributed by atoms with E-state index in [1.54, 1.807) is 0 Å². The quantitative estimate of drug-likeness (QED) is 0.263. The Kier molecular flexibility index (Phi) is 5.91. The van der Waals surface area contributed by atoms with Crippen LogP contribution in [0.1, 0.15) is 5.56 Å². The van der Waals surface area contributed by atoms with Crippen molar-refractivity contribution in [2.24, 2.45) is 5.10 Å². The number of rotatable bonds is 7. The van der Waals surface area contributed by atoms with Crippen molar-refractivity contribution in [1.82, 2.24) is 25.6 Å². The molecular formula is C16H13N7O4S. The summed E-state index contributed by atoms with van der Waals surface area (Å²) < 4.78 is 1.50. The zero-order valence-electron chi connectivity index (χ0n) is 14.2. The fraction of sp³-hybridized carbons (Fsp3) is 0.0625. The van der Waals surface area contributed by atoms with Crippen LogP contribution >= 0.6 is 11.8 Å². The number of phenols is 1. The van der Waals surface area contributed by atoms with Crippen molar-refractivity contribution in [1.29, 1.82) is 0 Å². The zero-order chi connectivity index (χ0) is 19.9. The number of para-hydroxylation sites is 1. The third-order valence-corrected chi connectivity index (χ3v) is 4.31. The molecule has 0 aliphatic heterocycles. The fourth-order valence-electron chi connectivity index (χ4n) is 2.10. The first-order valence-corrected chi connectivity index (χ1v) is 8.79. The number of thioether (sulfide) groups is 1. The molecule has 3 aromatic rings. The summed E-state index contributed by atoms with van der Waals surface area (Å²) in [7, 11) is 0. The molecule has 0 atom stereocenters. The molecule has 0 saturated carbocycles. The monoisotopic (exact) mass is 399 g/mol. The van der Waals surface area contributed by atoms with Crippen molar-refractivity contribution >= 4 is 29.6 Å². The molecule has 12 heteroatoms. The highest BCUT2D eigenvalue weighted by Crippen LogP contribution is 2.21. The first-order chi connectivity index (χ1) is 13.5. The van der Waals surface area contributed by atoms with Crippen LogP contribution in [0.4, 0.5) is 5.69 Å². The Morgan fingerprint density at radius 1 is 1.32 bits per heavy atom. The number of amides is 1. The molecule has 2 N–H and O–H groups in total. The number of nitro groups is 1. The van der Waals surface area contributed by atoms with Crippen LogP contribution in [0.25, 0.3) is 5.69 Å². The Bertz CT molecular complexity index is 1020. The summed E-state index contributed by atoms with van der Waals surface area (Å²) in [6.45, 7) is 0. The summed E-state index contributed by atoms with van der Waals surface area (Å²) in [5.41, 5.74) is 2.94. The van der Waals surface area contributed by atoms with Gasteiger partial charge in [0.25, 0.3) is 11.6 Å². The van der Waals surface area contributed by atoms with Gasteiger partial charge in [0.15, 0.2) is 0 Å².